The van der Waals surface area contributed by atoms with E-state index < -0.39 is 0 Å². The SMILES string of the molecule is CCc1ccc(-c2ccc3c(c2)CC([C@@H]2CC=Cc4ccc(-c5ccc(I)cc5)cc42)C=C3)cc1. The van der Waals surface area contributed by atoms with E-state index in [1.807, 2.05) is 0 Å². The van der Waals surface area contributed by atoms with Crippen LogP contribution in [-0.2, 0) is 12.8 Å². The van der Waals surface area contributed by atoms with Gasteiger partial charge in [-0.1, -0.05) is 104 Å². The number of allylic oxidation sites excluding steroid dienone is 2. The van der Waals surface area contributed by atoms with Crippen molar-refractivity contribution in [2.45, 2.75) is 32.1 Å². The summed E-state index contributed by atoms with van der Waals surface area (Å²) < 4.78 is 1.27. The second kappa shape index (κ2) is 9.62. The summed E-state index contributed by atoms with van der Waals surface area (Å²) in [6.07, 6.45) is 12.8. The van der Waals surface area contributed by atoms with Gasteiger partial charge in [-0.25, -0.2) is 0 Å². The highest BCUT2D eigenvalue weighted by molar-refractivity contribution is 14.1. The van der Waals surface area contributed by atoms with E-state index >= 15 is 0 Å². The van der Waals surface area contributed by atoms with Crippen molar-refractivity contribution >= 4 is 34.7 Å². The Bertz CT molecular complexity index is 1420. The minimum atomic E-state index is 0.510. The molecule has 0 amide bonds. The fourth-order valence-corrected chi connectivity index (χ4v) is 5.99. The number of rotatable bonds is 4. The van der Waals surface area contributed by atoms with Crippen molar-refractivity contribution in [1.29, 1.82) is 0 Å². The first-order valence-corrected chi connectivity index (χ1v) is 13.7. The van der Waals surface area contributed by atoms with Crippen LogP contribution >= 0.6 is 22.6 Å². The summed E-state index contributed by atoms with van der Waals surface area (Å²) in [6.45, 7) is 2.21. The summed E-state index contributed by atoms with van der Waals surface area (Å²) in [5, 5.41) is 0. The van der Waals surface area contributed by atoms with Crippen LogP contribution in [0.3, 0.4) is 0 Å². The minimum Gasteiger partial charge on any atom is -0.0833 e. The molecule has 2 atom stereocenters. The van der Waals surface area contributed by atoms with Gasteiger partial charge in [-0.15, -0.1) is 0 Å². The molecule has 1 heteroatoms. The largest absolute Gasteiger partial charge is 0.0833 e. The van der Waals surface area contributed by atoms with Gasteiger partial charge in [0.25, 0.3) is 0 Å². The van der Waals surface area contributed by atoms with Crippen LogP contribution in [0.2, 0.25) is 0 Å². The highest BCUT2D eigenvalue weighted by Crippen LogP contribution is 2.42. The molecule has 0 saturated carbocycles. The standard InChI is InChI=1S/C34H29I/c1-2-23-6-8-24(9-7-23)28-13-10-26-11-15-30(21-31(26)20-28)33-5-3-4-27-12-14-29(22-34(27)33)25-16-18-32(35)19-17-25/h3-4,6-20,22,30,33H,2,5,21H2,1H3/t30?,33-/m0/s1. The molecule has 0 saturated heterocycles. The molecule has 0 radical (unpaired) electrons. The predicted molar refractivity (Wildman–Crippen MR) is 158 cm³/mol. The van der Waals surface area contributed by atoms with Crippen molar-refractivity contribution in [3.8, 4) is 22.3 Å². The minimum absolute atomic E-state index is 0.510. The van der Waals surface area contributed by atoms with Gasteiger partial charge in [0.2, 0.25) is 0 Å². The maximum atomic E-state index is 2.46. The molecule has 1 unspecified atom stereocenters. The molecule has 0 heterocycles. The molecule has 35 heavy (non-hydrogen) atoms. The Morgan fingerprint density at radius 3 is 2.11 bits per heavy atom. The van der Waals surface area contributed by atoms with Gasteiger partial charge in [-0.3, -0.25) is 0 Å². The number of hydrogen-bond acceptors (Lipinski definition) is 0. The number of benzene rings is 4. The van der Waals surface area contributed by atoms with E-state index in [4.69, 9.17) is 0 Å². The zero-order valence-corrected chi connectivity index (χ0v) is 22.2. The molecule has 0 N–H and O–H groups in total. The Hall–Kier alpha value is -2.91. The maximum absolute atomic E-state index is 2.46. The fourth-order valence-electron chi connectivity index (χ4n) is 5.63. The van der Waals surface area contributed by atoms with Gasteiger partial charge in [0.1, 0.15) is 0 Å². The summed E-state index contributed by atoms with van der Waals surface area (Å²) in [4.78, 5) is 0. The normalized spacial score (nSPS) is 18.2. The van der Waals surface area contributed by atoms with Crippen LogP contribution in [0.5, 0.6) is 0 Å². The Kier molecular flexibility index (Phi) is 6.20. The Morgan fingerprint density at radius 2 is 1.37 bits per heavy atom. The second-order valence-corrected chi connectivity index (χ2v) is 11.0. The van der Waals surface area contributed by atoms with Gasteiger partial charge < -0.3 is 0 Å². The van der Waals surface area contributed by atoms with Crippen LogP contribution in [0.1, 0.15) is 47.1 Å². The van der Waals surface area contributed by atoms with E-state index in [1.54, 1.807) is 0 Å². The Morgan fingerprint density at radius 1 is 0.714 bits per heavy atom. The zero-order chi connectivity index (χ0) is 23.8. The van der Waals surface area contributed by atoms with Crippen LogP contribution in [0.25, 0.3) is 34.4 Å². The first-order valence-electron chi connectivity index (χ1n) is 12.6. The van der Waals surface area contributed by atoms with Crippen molar-refractivity contribution < 1.29 is 0 Å². The van der Waals surface area contributed by atoms with Crippen LogP contribution in [-0.4, -0.2) is 0 Å². The topological polar surface area (TPSA) is 0 Å². The molecular weight excluding hydrogens is 535 g/mol. The summed E-state index contributed by atoms with van der Waals surface area (Å²) in [6, 6.07) is 31.9. The molecule has 2 aliphatic rings. The molecule has 4 aromatic carbocycles. The monoisotopic (exact) mass is 564 g/mol. The van der Waals surface area contributed by atoms with E-state index in [0.29, 0.717) is 11.8 Å². The van der Waals surface area contributed by atoms with Crippen molar-refractivity contribution in [1.82, 2.24) is 0 Å². The third-order valence-corrected chi connectivity index (χ3v) is 8.40. The highest BCUT2D eigenvalue weighted by Gasteiger charge is 2.27. The predicted octanol–water partition coefficient (Wildman–Crippen LogP) is 9.57. The van der Waals surface area contributed by atoms with Crippen LogP contribution in [0.4, 0.5) is 0 Å². The molecule has 0 aromatic heterocycles. The zero-order valence-electron chi connectivity index (χ0n) is 20.0. The first kappa shape index (κ1) is 22.5. The Labute approximate surface area is 222 Å². The van der Waals surface area contributed by atoms with Crippen LogP contribution < -0.4 is 0 Å². The van der Waals surface area contributed by atoms with Gasteiger partial charge in [0, 0.05) is 3.57 Å². The third-order valence-electron chi connectivity index (χ3n) is 7.69. The summed E-state index contributed by atoms with van der Waals surface area (Å²) in [7, 11) is 0. The number of hydrogen-bond donors (Lipinski definition) is 0. The van der Waals surface area contributed by atoms with Gasteiger partial charge in [-0.2, -0.15) is 0 Å². The molecule has 0 fully saturated rings. The highest BCUT2D eigenvalue weighted by atomic mass is 127. The molecular formula is C34H29I. The van der Waals surface area contributed by atoms with Crippen molar-refractivity contribution in [3.05, 3.63) is 128 Å². The Balaban J connectivity index is 1.30. The molecule has 0 aliphatic heterocycles. The van der Waals surface area contributed by atoms with E-state index in [0.717, 1.165) is 19.3 Å². The fraction of sp³-hybridized carbons (Fsp3) is 0.176. The summed E-state index contributed by atoms with van der Waals surface area (Å²) >= 11 is 2.38. The van der Waals surface area contributed by atoms with E-state index in [1.165, 1.54) is 53.6 Å². The van der Waals surface area contributed by atoms with Crippen molar-refractivity contribution in [3.63, 3.8) is 0 Å². The summed E-state index contributed by atoms with van der Waals surface area (Å²) in [5.74, 6) is 1.02. The lowest BCUT2D eigenvalue weighted by Gasteiger charge is -2.31. The number of aryl methyl sites for hydroxylation is 1. The van der Waals surface area contributed by atoms with Crippen LogP contribution in [0.15, 0.2) is 97.1 Å². The van der Waals surface area contributed by atoms with E-state index in [-0.39, 0.29) is 0 Å². The van der Waals surface area contributed by atoms with E-state index in [9.17, 15) is 0 Å². The maximum Gasteiger partial charge on any atom is 0.0130 e. The molecule has 4 aromatic rings. The number of fused-ring (bicyclic) bond motifs is 2. The molecule has 2 aliphatic carbocycles. The molecule has 0 spiro atoms. The average Bonchev–Trinajstić information content (AvgIpc) is 2.92. The lowest BCUT2D eigenvalue weighted by Crippen LogP contribution is -2.18. The smallest absolute Gasteiger partial charge is 0.0130 e. The van der Waals surface area contributed by atoms with Crippen LogP contribution in [0, 0.1) is 9.49 Å². The van der Waals surface area contributed by atoms with Gasteiger partial charge in [0.05, 0.1) is 0 Å². The second-order valence-electron chi connectivity index (χ2n) is 9.79. The van der Waals surface area contributed by atoms with Gasteiger partial charge in [0.15, 0.2) is 0 Å². The first-order chi connectivity index (χ1) is 17.2. The van der Waals surface area contributed by atoms with E-state index in [2.05, 4.69) is 139 Å². The van der Waals surface area contributed by atoms with Gasteiger partial charge in [-0.05, 0) is 116 Å². The quantitative estimate of drug-likeness (QED) is 0.217. The lowest BCUT2D eigenvalue weighted by atomic mass is 9.73. The van der Waals surface area contributed by atoms with Crippen molar-refractivity contribution in [2.24, 2.45) is 5.92 Å². The number of halogens is 1. The summed E-state index contributed by atoms with van der Waals surface area (Å²) in [5.41, 5.74) is 12.3. The molecule has 172 valence electrons. The van der Waals surface area contributed by atoms with Gasteiger partial charge >= 0.3 is 0 Å². The van der Waals surface area contributed by atoms with Crippen molar-refractivity contribution in [2.75, 3.05) is 0 Å². The third kappa shape index (κ3) is 4.54. The molecule has 6 rings (SSSR count). The molecule has 0 bridgehead atoms. The lowest BCUT2D eigenvalue weighted by molar-refractivity contribution is 0.502. The molecule has 0 nitrogen and oxygen atoms in total. The average molecular weight is 565 g/mol.